The summed E-state index contributed by atoms with van der Waals surface area (Å²) in [5, 5.41) is 0. The molecular weight excluding hydrogens is 216 g/mol. The minimum Gasteiger partial charge on any atom is -0.457 e. The summed E-state index contributed by atoms with van der Waals surface area (Å²) in [6.07, 6.45) is -1.92. The van der Waals surface area contributed by atoms with E-state index >= 15 is 0 Å². The molecule has 1 aliphatic rings. The van der Waals surface area contributed by atoms with Gasteiger partial charge in [-0.2, -0.15) is 0 Å². The van der Waals surface area contributed by atoms with Gasteiger partial charge in [0.1, 0.15) is 12.2 Å². The van der Waals surface area contributed by atoms with E-state index in [0.717, 1.165) is 0 Å². The van der Waals surface area contributed by atoms with Crippen molar-refractivity contribution >= 4 is 5.97 Å². The fourth-order valence-corrected chi connectivity index (χ4v) is 1.73. The van der Waals surface area contributed by atoms with Gasteiger partial charge in [-0.1, -0.05) is 0 Å². The first kappa shape index (κ1) is 13.4. The van der Waals surface area contributed by atoms with Crippen molar-refractivity contribution in [1.82, 2.24) is 0 Å². The molecule has 6 heteroatoms. The predicted molar refractivity (Wildman–Crippen MR) is 53.9 cm³/mol. The van der Waals surface area contributed by atoms with E-state index in [-0.39, 0.29) is 12.1 Å². The predicted octanol–water partition coefficient (Wildman–Crippen LogP) is -0.0492. The van der Waals surface area contributed by atoms with Crippen LogP contribution in [0.4, 0.5) is 0 Å². The molecular formula is C10H18O6. The molecule has 0 aromatic heterocycles. The Balaban J connectivity index is 2.77. The van der Waals surface area contributed by atoms with Crippen molar-refractivity contribution in [2.75, 3.05) is 27.9 Å². The molecule has 0 saturated carbocycles. The summed E-state index contributed by atoms with van der Waals surface area (Å²) >= 11 is 0. The second kappa shape index (κ2) is 6.15. The van der Waals surface area contributed by atoms with Crippen LogP contribution in [-0.4, -0.2) is 58.5 Å². The molecule has 16 heavy (non-hydrogen) atoms. The SMILES string of the molecule is COC1COC(OC)C(OC)C1OC(C)=O. The van der Waals surface area contributed by atoms with Crippen LogP contribution in [0.25, 0.3) is 0 Å². The zero-order valence-electron chi connectivity index (χ0n) is 9.97. The fourth-order valence-electron chi connectivity index (χ4n) is 1.73. The van der Waals surface area contributed by atoms with E-state index in [4.69, 9.17) is 23.7 Å². The van der Waals surface area contributed by atoms with Gasteiger partial charge in [0, 0.05) is 28.3 Å². The van der Waals surface area contributed by atoms with Crippen LogP contribution in [0.5, 0.6) is 0 Å². The summed E-state index contributed by atoms with van der Waals surface area (Å²) in [7, 11) is 4.55. The van der Waals surface area contributed by atoms with Crippen molar-refractivity contribution in [2.45, 2.75) is 31.5 Å². The molecule has 1 saturated heterocycles. The molecule has 0 N–H and O–H groups in total. The zero-order valence-corrected chi connectivity index (χ0v) is 9.97. The summed E-state index contributed by atoms with van der Waals surface area (Å²) in [4.78, 5) is 11.0. The lowest BCUT2D eigenvalue weighted by molar-refractivity contribution is -0.275. The Hall–Kier alpha value is -0.690. The largest absolute Gasteiger partial charge is 0.457 e. The van der Waals surface area contributed by atoms with Crippen LogP contribution < -0.4 is 0 Å². The smallest absolute Gasteiger partial charge is 0.303 e. The van der Waals surface area contributed by atoms with Crippen LogP contribution in [0.15, 0.2) is 0 Å². The summed E-state index contributed by atoms with van der Waals surface area (Å²) in [6, 6.07) is 0. The average Bonchev–Trinajstić information content (AvgIpc) is 2.27. The third kappa shape index (κ3) is 2.91. The van der Waals surface area contributed by atoms with Gasteiger partial charge in [0.15, 0.2) is 12.4 Å². The van der Waals surface area contributed by atoms with Crippen LogP contribution >= 0.6 is 0 Å². The number of rotatable bonds is 4. The van der Waals surface area contributed by atoms with Crippen molar-refractivity contribution in [3.8, 4) is 0 Å². The van der Waals surface area contributed by atoms with E-state index in [0.29, 0.717) is 6.61 Å². The minimum absolute atomic E-state index is 0.298. The van der Waals surface area contributed by atoms with Gasteiger partial charge >= 0.3 is 5.97 Å². The molecule has 1 rings (SSSR count). The van der Waals surface area contributed by atoms with Gasteiger partial charge in [0.25, 0.3) is 0 Å². The lowest BCUT2D eigenvalue weighted by Gasteiger charge is -2.39. The molecule has 1 fully saturated rings. The molecule has 0 aromatic carbocycles. The van der Waals surface area contributed by atoms with Gasteiger partial charge in [-0.05, 0) is 0 Å². The Morgan fingerprint density at radius 3 is 2.25 bits per heavy atom. The quantitative estimate of drug-likeness (QED) is 0.635. The van der Waals surface area contributed by atoms with Gasteiger partial charge in [-0.3, -0.25) is 4.79 Å². The van der Waals surface area contributed by atoms with Crippen LogP contribution in [0.3, 0.4) is 0 Å². The molecule has 4 atom stereocenters. The molecule has 0 aliphatic carbocycles. The number of hydrogen-bond donors (Lipinski definition) is 0. The maximum Gasteiger partial charge on any atom is 0.303 e. The van der Waals surface area contributed by atoms with Gasteiger partial charge in [-0.25, -0.2) is 0 Å². The highest BCUT2D eigenvalue weighted by Gasteiger charge is 2.43. The van der Waals surface area contributed by atoms with Crippen molar-refractivity contribution in [1.29, 1.82) is 0 Å². The minimum atomic E-state index is -0.555. The first-order valence-electron chi connectivity index (χ1n) is 5.01. The van der Waals surface area contributed by atoms with Gasteiger partial charge in [0.2, 0.25) is 0 Å². The van der Waals surface area contributed by atoms with Crippen molar-refractivity contribution < 1.29 is 28.5 Å². The maximum absolute atomic E-state index is 11.0. The fraction of sp³-hybridized carbons (Fsp3) is 0.900. The van der Waals surface area contributed by atoms with E-state index in [1.165, 1.54) is 28.3 Å². The number of methoxy groups -OCH3 is 3. The number of carbonyl (C=O) groups is 1. The highest BCUT2D eigenvalue weighted by atomic mass is 16.7. The molecule has 0 spiro atoms. The van der Waals surface area contributed by atoms with Crippen molar-refractivity contribution in [2.24, 2.45) is 0 Å². The molecule has 0 aromatic rings. The summed E-state index contributed by atoms with van der Waals surface area (Å²) in [6.45, 7) is 1.64. The zero-order chi connectivity index (χ0) is 12.1. The highest BCUT2D eigenvalue weighted by Crippen LogP contribution is 2.23. The van der Waals surface area contributed by atoms with Crippen LogP contribution in [-0.2, 0) is 28.5 Å². The number of carbonyl (C=O) groups excluding carboxylic acids is 1. The van der Waals surface area contributed by atoms with E-state index in [9.17, 15) is 4.79 Å². The molecule has 0 radical (unpaired) electrons. The Labute approximate surface area is 94.7 Å². The van der Waals surface area contributed by atoms with E-state index in [1.54, 1.807) is 0 Å². The summed E-state index contributed by atoms with van der Waals surface area (Å²) in [5.74, 6) is -0.383. The van der Waals surface area contributed by atoms with Gasteiger partial charge in [-0.15, -0.1) is 0 Å². The van der Waals surface area contributed by atoms with E-state index in [1.807, 2.05) is 0 Å². The molecule has 6 nitrogen and oxygen atoms in total. The lowest BCUT2D eigenvalue weighted by atomic mass is 10.0. The standard InChI is InChI=1S/C10H18O6/c1-6(11)16-8-7(12-2)5-15-10(14-4)9(8)13-3/h7-10H,5H2,1-4H3. The van der Waals surface area contributed by atoms with Crippen LogP contribution in [0.1, 0.15) is 6.92 Å². The Morgan fingerprint density at radius 2 is 1.81 bits per heavy atom. The second-order valence-electron chi connectivity index (χ2n) is 3.49. The molecule has 1 aliphatic heterocycles. The van der Waals surface area contributed by atoms with Crippen LogP contribution in [0.2, 0.25) is 0 Å². The third-order valence-corrected chi connectivity index (χ3v) is 2.49. The summed E-state index contributed by atoms with van der Waals surface area (Å²) < 4.78 is 26.1. The third-order valence-electron chi connectivity index (χ3n) is 2.49. The number of esters is 1. The Kier molecular flexibility index (Phi) is 5.14. The molecule has 1 heterocycles. The molecule has 4 unspecified atom stereocenters. The van der Waals surface area contributed by atoms with Gasteiger partial charge in [0.05, 0.1) is 6.61 Å². The Morgan fingerprint density at radius 1 is 1.12 bits per heavy atom. The number of ether oxygens (including phenoxy) is 5. The van der Waals surface area contributed by atoms with Crippen molar-refractivity contribution in [3.05, 3.63) is 0 Å². The van der Waals surface area contributed by atoms with Crippen LogP contribution in [0, 0.1) is 0 Å². The monoisotopic (exact) mass is 234 g/mol. The maximum atomic E-state index is 11.0. The molecule has 0 amide bonds. The van der Waals surface area contributed by atoms with Crippen molar-refractivity contribution in [3.63, 3.8) is 0 Å². The Bertz CT molecular complexity index is 231. The molecule has 94 valence electrons. The lowest BCUT2D eigenvalue weighted by Crippen LogP contribution is -2.56. The topological polar surface area (TPSA) is 63.2 Å². The summed E-state index contributed by atoms with van der Waals surface area (Å²) in [5.41, 5.74) is 0. The average molecular weight is 234 g/mol. The normalized spacial score (nSPS) is 34.8. The van der Waals surface area contributed by atoms with Gasteiger partial charge < -0.3 is 23.7 Å². The first-order valence-corrected chi connectivity index (χ1v) is 5.01. The highest BCUT2D eigenvalue weighted by molar-refractivity contribution is 5.66. The van der Waals surface area contributed by atoms with E-state index in [2.05, 4.69) is 0 Å². The number of hydrogen-bond acceptors (Lipinski definition) is 6. The second-order valence-corrected chi connectivity index (χ2v) is 3.49. The van der Waals surface area contributed by atoms with E-state index < -0.39 is 18.5 Å². The first-order chi connectivity index (χ1) is 7.63. The molecule has 0 bridgehead atoms.